The number of hydrogen-bond acceptors (Lipinski definition) is 8. The molecule has 0 bridgehead atoms. The second kappa shape index (κ2) is 9.21. The van der Waals surface area contributed by atoms with Crippen LogP contribution in [-0.4, -0.2) is 28.4 Å². The quantitative estimate of drug-likeness (QED) is 0.283. The van der Waals surface area contributed by atoms with Gasteiger partial charge in [0.15, 0.2) is 0 Å². The van der Waals surface area contributed by atoms with Crippen molar-refractivity contribution < 1.29 is 8.42 Å². The van der Waals surface area contributed by atoms with Crippen LogP contribution in [0.5, 0.6) is 0 Å². The number of benzene rings is 2. The molecule has 3 aromatic heterocycles. The van der Waals surface area contributed by atoms with E-state index in [4.69, 9.17) is 11.6 Å². The van der Waals surface area contributed by atoms with Crippen molar-refractivity contribution in [3.8, 4) is 11.1 Å². The predicted octanol–water partition coefficient (Wildman–Crippen LogP) is 5.96. The highest BCUT2D eigenvalue weighted by molar-refractivity contribution is 7.92. The summed E-state index contributed by atoms with van der Waals surface area (Å²) >= 11 is 7.57. The van der Waals surface area contributed by atoms with Crippen LogP contribution in [0.15, 0.2) is 71.2 Å². The minimum Gasteiger partial charge on any atom is -0.340 e. The molecule has 0 aliphatic heterocycles. The van der Waals surface area contributed by atoms with E-state index in [0.717, 1.165) is 21.3 Å². The van der Waals surface area contributed by atoms with Crippen molar-refractivity contribution in [2.45, 2.75) is 18.7 Å². The van der Waals surface area contributed by atoms with Crippen LogP contribution in [0, 0.1) is 13.8 Å². The predicted molar refractivity (Wildman–Crippen MR) is 140 cm³/mol. The zero-order valence-electron chi connectivity index (χ0n) is 18.7. The molecule has 35 heavy (non-hydrogen) atoms. The van der Waals surface area contributed by atoms with E-state index in [1.54, 1.807) is 32.0 Å². The molecule has 0 atom stereocenters. The summed E-state index contributed by atoms with van der Waals surface area (Å²) in [4.78, 5) is 18.0. The fourth-order valence-corrected chi connectivity index (χ4v) is 5.60. The van der Waals surface area contributed by atoms with Gasteiger partial charge in [0.25, 0.3) is 10.0 Å². The minimum absolute atomic E-state index is 0.0419. The van der Waals surface area contributed by atoms with E-state index >= 15 is 0 Å². The van der Waals surface area contributed by atoms with Gasteiger partial charge in [-0.05, 0) is 61.9 Å². The Bertz CT molecular complexity index is 1620. The summed E-state index contributed by atoms with van der Waals surface area (Å²) in [7, 11) is -3.85. The third-order valence-electron chi connectivity index (χ3n) is 5.16. The molecular weight excluding hydrogens is 504 g/mol. The number of thiophene rings is 1. The number of anilines is 3. The molecule has 5 rings (SSSR count). The van der Waals surface area contributed by atoms with Crippen LogP contribution in [0.2, 0.25) is 5.02 Å². The second-order valence-corrected chi connectivity index (χ2v) is 10.8. The van der Waals surface area contributed by atoms with Crippen molar-refractivity contribution in [2.24, 2.45) is 0 Å². The SMILES string of the molecule is Cc1cc(C)nc(NS(=O)(=O)c2ccc(Nc3ncnc4scc(-c5ccc(Cl)cc5)c34)cc2)n1. The standard InChI is InChI=1S/C24H19ClN6O2S2/c1-14-11-15(2)29-24(28-14)31-35(32,33)19-9-7-18(8-10-19)30-22-21-20(12-34-23(21)27-13-26-22)16-3-5-17(25)6-4-16/h3-13H,1-2H3,(H,26,27,30)(H,28,29,31). The zero-order chi connectivity index (χ0) is 24.6. The number of aryl methyl sites for hydroxylation is 2. The van der Waals surface area contributed by atoms with E-state index in [1.165, 1.54) is 29.8 Å². The number of nitrogens with zero attached hydrogens (tertiary/aromatic N) is 4. The van der Waals surface area contributed by atoms with Gasteiger partial charge in [-0.25, -0.2) is 33.1 Å². The van der Waals surface area contributed by atoms with Gasteiger partial charge >= 0.3 is 0 Å². The molecule has 0 aliphatic rings. The van der Waals surface area contributed by atoms with E-state index < -0.39 is 10.0 Å². The molecule has 0 unspecified atom stereocenters. The summed E-state index contributed by atoms with van der Waals surface area (Å²) in [5.74, 6) is 0.666. The highest BCUT2D eigenvalue weighted by atomic mass is 35.5. The van der Waals surface area contributed by atoms with Crippen LogP contribution in [-0.2, 0) is 10.0 Å². The summed E-state index contributed by atoms with van der Waals surface area (Å²) in [5.41, 5.74) is 4.02. The zero-order valence-corrected chi connectivity index (χ0v) is 21.0. The van der Waals surface area contributed by atoms with Crippen molar-refractivity contribution >= 4 is 60.6 Å². The van der Waals surface area contributed by atoms with Gasteiger partial charge in [-0.15, -0.1) is 11.3 Å². The van der Waals surface area contributed by atoms with Crippen molar-refractivity contribution in [1.29, 1.82) is 0 Å². The Morgan fingerprint density at radius 3 is 2.29 bits per heavy atom. The third-order valence-corrected chi connectivity index (χ3v) is 7.64. The molecular formula is C24H19ClN6O2S2. The van der Waals surface area contributed by atoms with Crippen LogP contribution in [0.25, 0.3) is 21.3 Å². The molecule has 0 aliphatic carbocycles. The van der Waals surface area contributed by atoms with Gasteiger partial charge in [-0.2, -0.15) is 0 Å². The summed E-state index contributed by atoms with van der Waals surface area (Å²) in [5, 5.41) is 6.86. The number of halogens is 1. The molecule has 2 N–H and O–H groups in total. The molecule has 2 aromatic carbocycles. The third kappa shape index (κ3) is 4.95. The molecule has 0 saturated heterocycles. The van der Waals surface area contributed by atoms with Crippen molar-refractivity contribution in [2.75, 3.05) is 10.0 Å². The first-order chi connectivity index (χ1) is 16.8. The van der Waals surface area contributed by atoms with Crippen LogP contribution < -0.4 is 10.0 Å². The first kappa shape index (κ1) is 23.2. The highest BCUT2D eigenvalue weighted by Crippen LogP contribution is 2.37. The molecule has 0 amide bonds. The van der Waals surface area contributed by atoms with Crippen LogP contribution >= 0.6 is 22.9 Å². The van der Waals surface area contributed by atoms with Crippen molar-refractivity contribution in [1.82, 2.24) is 19.9 Å². The number of aromatic nitrogens is 4. The van der Waals surface area contributed by atoms with Gasteiger partial charge < -0.3 is 5.32 Å². The molecule has 11 heteroatoms. The van der Waals surface area contributed by atoms with E-state index in [-0.39, 0.29) is 10.8 Å². The van der Waals surface area contributed by atoms with Crippen LogP contribution in [0.3, 0.4) is 0 Å². The lowest BCUT2D eigenvalue weighted by atomic mass is 10.1. The number of nitrogens with one attached hydrogen (secondary N) is 2. The van der Waals surface area contributed by atoms with Crippen LogP contribution in [0.1, 0.15) is 11.4 Å². The van der Waals surface area contributed by atoms with Crippen molar-refractivity contribution in [3.05, 3.63) is 82.7 Å². The van der Waals surface area contributed by atoms with Gasteiger partial charge in [0.2, 0.25) is 5.95 Å². The molecule has 176 valence electrons. The molecule has 5 aromatic rings. The molecule has 0 spiro atoms. The summed E-state index contributed by atoms with van der Waals surface area (Å²) in [6.45, 7) is 3.56. The summed E-state index contributed by atoms with van der Waals surface area (Å²) in [6, 6.07) is 15.7. The Labute approximate surface area is 211 Å². The smallest absolute Gasteiger partial charge is 0.264 e. The van der Waals surface area contributed by atoms with Gasteiger partial charge in [-0.1, -0.05) is 23.7 Å². The number of hydrogen-bond donors (Lipinski definition) is 2. The molecule has 0 saturated carbocycles. The maximum atomic E-state index is 12.8. The van der Waals surface area contributed by atoms with Gasteiger partial charge in [-0.3, -0.25) is 0 Å². The second-order valence-electron chi connectivity index (χ2n) is 7.79. The fraction of sp³-hybridized carbons (Fsp3) is 0.0833. The molecule has 8 nitrogen and oxygen atoms in total. The minimum atomic E-state index is -3.85. The number of rotatable bonds is 6. The van der Waals surface area contributed by atoms with Crippen molar-refractivity contribution in [3.63, 3.8) is 0 Å². The highest BCUT2D eigenvalue weighted by Gasteiger charge is 2.17. The fourth-order valence-electron chi connectivity index (χ4n) is 3.62. The monoisotopic (exact) mass is 522 g/mol. The van der Waals surface area contributed by atoms with E-state index in [1.807, 2.05) is 29.6 Å². The lowest BCUT2D eigenvalue weighted by molar-refractivity contribution is 0.601. The van der Waals surface area contributed by atoms with Gasteiger partial charge in [0, 0.05) is 33.0 Å². The topological polar surface area (TPSA) is 110 Å². The Morgan fingerprint density at radius 1 is 0.914 bits per heavy atom. The first-order valence-corrected chi connectivity index (χ1v) is 13.2. The number of sulfonamides is 1. The lowest BCUT2D eigenvalue weighted by Gasteiger charge is -2.11. The number of fused-ring (bicyclic) bond motifs is 1. The lowest BCUT2D eigenvalue weighted by Crippen LogP contribution is -2.15. The van der Waals surface area contributed by atoms with Gasteiger partial charge in [0.1, 0.15) is 17.0 Å². The first-order valence-electron chi connectivity index (χ1n) is 10.5. The molecule has 3 heterocycles. The Morgan fingerprint density at radius 2 is 1.60 bits per heavy atom. The largest absolute Gasteiger partial charge is 0.340 e. The van der Waals surface area contributed by atoms with Gasteiger partial charge in [0.05, 0.1) is 10.3 Å². The average molecular weight is 523 g/mol. The normalized spacial score (nSPS) is 11.5. The Hall–Kier alpha value is -3.60. The maximum absolute atomic E-state index is 12.8. The van der Waals surface area contributed by atoms with E-state index in [2.05, 4.69) is 30.0 Å². The molecule has 0 radical (unpaired) electrons. The summed E-state index contributed by atoms with van der Waals surface area (Å²) < 4.78 is 28.1. The van der Waals surface area contributed by atoms with E-state index in [9.17, 15) is 8.42 Å². The Balaban J connectivity index is 1.42. The Kier molecular flexibility index (Phi) is 6.10. The van der Waals surface area contributed by atoms with E-state index in [0.29, 0.717) is 27.9 Å². The van der Waals surface area contributed by atoms with Crippen LogP contribution in [0.4, 0.5) is 17.5 Å². The maximum Gasteiger partial charge on any atom is 0.264 e. The molecule has 0 fully saturated rings. The summed E-state index contributed by atoms with van der Waals surface area (Å²) in [6.07, 6.45) is 1.50. The average Bonchev–Trinajstić information content (AvgIpc) is 3.24.